The van der Waals surface area contributed by atoms with E-state index in [0.29, 0.717) is 6.61 Å². The van der Waals surface area contributed by atoms with E-state index in [0.717, 1.165) is 17.7 Å². The number of benzene rings is 1. The minimum absolute atomic E-state index is 0.0330. The highest BCUT2D eigenvalue weighted by Gasteiger charge is 2.19. The van der Waals surface area contributed by atoms with Gasteiger partial charge in [0, 0.05) is 6.54 Å². The molecule has 20 heavy (non-hydrogen) atoms. The topological polar surface area (TPSA) is 81.4 Å². The van der Waals surface area contributed by atoms with Crippen LogP contribution in [-0.2, 0) is 14.8 Å². The Kier molecular flexibility index (Phi) is 6.12. The highest BCUT2D eigenvalue weighted by atomic mass is 79.9. The van der Waals surface area contributed by atoms with Crippen molar-refractivity contribution in [3.05, 3.63) is 34.6 Å². The van der Waals surface area contributed by atoms with Crippen LogP contribution in [0, 0.1) is 5.82 Å². The van der Waals surface area contributed by atoms with Crippen molar-refractivity contribution in [1.82, 2.24) is 4.72 Å². The van der Waals surface area contributed by atoms with Crippen LogP contribution < -0.4 is 10.5 Å². The number of ether oxygens (including phenoxy) is 1. The molecule has 0 atom stereocenters. The molecular weight excluding hydrogens is 351 g/mol. The van der Waals surface area contributed by atoms with Crippen molar-refractivity contribution in [2.24, 2.45) is 0 Å². The standard InChI is InChI=1S/C12H16BrFN2O3S/c1-8(2)7-19-4-3-16-20(17,18)12-5-9(13)10(14)6-11(12)15/h5-6,16H,1,3-4,7,15H2,2H3. The minimum Gasteiger partial charge on any atom is -0.398 e. The van der Waals surface area contributed by atoms with Gasteiger partial charge in [0.2, 0.25) is 10.0 Å². The normalized spacial score (nSPS) is 11.6. The molecule has 1 aromatic carbocycles. The molecule has 0 radical (unpaired) electrons. The fourth-order valence-electron chi connectivity index (χ4n) is 1.35. The van der Waals surface area contributed by atoms with Gasteiger partial charge < -0.3 is 10.5 Å². The third kappa shape index (κ3) is 4.86. The number of nitrogens with one attached hydrogen (secondary N) is 1. The molecule has 0 fully saturated rings. The zero-order valence-corrected chi connectivity index (χ0v) is 13.4. The maximum absolute atomic E-state index is 13.2. The van der Waals surface area contributed by atoms with Crippen LogP contribution >= 0.6 is 15.9 Å². The van der Waals surface area contributed by atoms with Gasteiger partial charge >= 0.3 is 0 Å². The SMILES string of the molecule is C=C(C)COCCNS(=O)(=O)c1cc(Br)c(F)cc1N. The van der Waals surface area contributed by atoms with Gasteiger partial charge in [-0.3, -0.25) is 0 Å². The summed E-state index contributed by atoms with van der Waals surface area (Å²) >= 11 is 2.92. The van der Waals surface area contributed by atoms with Crippen LogP contribution in [0.3, 0.4) is 0 Å². The molecule has 3 N–H and O–H groups in total. The molecule has 0 amide bonds. The molecule has 0 saturated heterocycles. The van der Waals surface area contributed by atoms with Gasteiger partial charge in [0.05, 0.1) is 23.4 Å². The molecule has 1 aromatic rings. The molecule has 0 heterocycles. The van der Waals surface area contributed by atoms with Crippen molar-refractivity contribution in [3.8, 4) is 0 Å². The Morgan fingerprint density at radius 1 is 1.55 bits per heavy atom. The van der Waals surface area contributed by atoms with Crippen LogP contribution in [0.4, 0.5) is 10.1 Å². The Bertz CT molecular complexity index is 605. The molecule has 5 nitrogen and oxygen atoms in total. The lowest BCUT2D eigenvalue weighted by Gasteiger charge is -2.10. The van der Waals surface area contributed by atoms with Crippen molar-refractivity contribution >= 4 is 31.6 Å². The van der Waals surface area contributed by atoms with Crippen molar-refractivity contribution in [3.63, 3.8) is 0 Å². The molecule has 0 spiro atoms. The Morgan fingerprint density at radius 3 is 2.80 bits per heavy atom. The van der Waals surface area contributed by atoms with E-state index in [1.807, 2.05) is 0 Å². The van der Waals surface area contributed by atoms with Crippen molar-refractivity contribution in [1.29, 1.82) is 0 Å². The average Bonchev–Trinajstić information content (AvgIpc) is 2.32. The van der Waals surface area contributed by atoms with Gasteiger partial charge in [-0.1, -0.05) is 12.2 Å². The maximum Gasteiger partial charge on any atom is 0.242 e. The number of hydrogen-bond acceptors (Lipinski definition) is 4. The predicted molar refractivity (Wildman–Crippen MR) is 79.3 cm³/mol. The second-order valence-electron chi connectivity index (χ2n) is 4.21. The van der Waals surface area contributed by atoms with E-state index in [1.165, 1.54) is 0 Å². The molecule has 8 heteroatoms. The van der Waals surface area contributed by atoms with E-state index < -0.39 is 15.8 Å². The van der Waals surface area contributed by atoms with Gasteiger partial charge in [0.15, 0.2) is 0 Å². The van der Waals surface area contributed by atoms with Crippen LogP contribution in [0.1, 0.15) is 6.92 Å². The van der Waals surface area contributed by atoms with Gasteiger partial charge in [-0.25, -0.2) is 17.5 Å². The summed E-state index contributed by atoms with van der Waals surface area (Å²) in [5.74, 6) is -0.619. The number of hydrogen-bond donors (Lipinski definition) is 2. The summed E-state index contributed by atoms with van der Waals surface area (Å²) in [6.07, 6.45) is 0. The number of sulfonamides is 1. The Morgan fingerprint density at radius 2 is 2.20 bits per heavy atom. The number of anilines is 1. The van der Waals surface area contributed by atoms with Crippen molar-refractivity contribution in [2.45, 2.75) is 11.8 Å². The third-order valence-electron chi connectivity index (χ3n) is 2.23. The molecule has 1 rings (SSSR count). The van der Waals surface area contributed by atoms with Crippen molar-refractivity contribution in [2.75, 3.05) is 25.5 Å². The first kappa shape index (κ1) is 17.1. The van der Waals surface area contributed by atoms with E-state index in [1.54, 1.807) is 6.92 Å². The second kappa shape index (κ2) is 7.16. The number of nitrogens with two attached hydrogens (primary N) is 1. The predicted octanol–water partition coefficient (Wildman–Crippen LogP) is 2.04. The fraction of sp³-hybridized carbons (Fsp3) is 0.333. The molecule has 0 unspecified atom stereocenters. The van der Waals surface area contributed by atoms with Crippen LogP contribution in [0.25, 0.3) is 0 Å². The summed E-state index contributed by atoms with van der Waals surface area (Å²) in [6.45, 7) is 6.12. The molecule has 0 aliphatic heterocycles. The molecule has 0 aromatic heterocycles. The summed E-state index contributed by atoms with van der Waals surface area (Å²) in [7, 11) is -3.81. The highest BCUT2D eigenvalue weighted by molar-refractivity contribution is 9.10. The lowest BCUT2D eigenvalue weighted by Crippen LogP contribution is -2.28. The maximum atomic E-state index is 13.2. The number of nitrogen functional groups attached to an aromatic ring is 1. The highest BCUT2D eigenvalue weighted by Crippen LogP contribution is 2.25. The monoisotopic (exact) mass is 366 g/mol. The Hall–Kier alpha value is -0.960. The molecule has 112 valence electrons. The van der Waals surface area contributed by atoms with Crippen molar-refractivity contribution < 1.29 is 17.5 Å². The van der Waals surface area contributed by atoms with Crippen LogP contribution in [-0.4, -0.2) is 28.2 Å². The van der Waals surface area contributed by atoms with Gasteiger partial charge in [0.25, 0.3) is 0 Å². The molecule has 0 bridgehead atoms. The van der Waals surface area contributed by atoms with Crippen LogP contribution in [0.2, 0.25) is 0 Å². The van der Waals surface area contributed by atoms with E-state index in [4.69, 9.17) is 10.5 Å². The summed E-state index contributed by atoms with van der Waals surface area (Å²) < 4.78 is 44.8. The van der Waals surface area contributed by atoms with E-state index in [-0.39, 0.29) is 28.2 Å². The van der Waals surface area contributed by atoms with E-state index in [2.05, 4.69) is 27.2 Å². The molecule has 0 aliphatic rings. The lowest BCUT2D eigenvalue weighted by atomic mass is 10.3. The largest absolute Gasteiger partial charge is 0.398 e. The van der Waals surface area contributed by atoms with Gasteiger partial charge in [-0.2, -0.15) is 0 Å². The quantitative estimate of drug-likeness (QED) is 0.439. The minimum atomic E-state index is -3.81. The summed E-state index contributed by atoms with van der Waals surface area (Å²) in [5, 5.41) is 0. The fourth-order valence-corrected chi connectivity index (χ4v) is 2.99. The molecular formula is C12H16BrFN2O3S. The van der Waals surface area contributed by atoms with Gasteiger partial charge in [-0.05, 0) is 35.0 Å². The molecule has 0 aliphatic carbocycles. The van der Waals surface area contributed by atoms with Crippen LogP contribution in [0.5, 0.6) is 0 Å². The Labute approximate surface area is 126 Å². The van der Waals surface area contributed by atoms with E-state index in [9.17, 15) is 12.8 Å². The first-order chi connectivity index (χ1) is 9.24. The number of rotatable bonds is 7. The number of halogens is 2. The zero-order valence-electron chi connectivity index (χ0n) is 10.9. The first-order valence-corrected chi connectivity index (χ1v) is 7.98. The second-order valence-corrected chi connectivity index (χ2v) is 6.80. The van der Waals surface area contributed by atoms with Crippen LogP contribution in [0.15, 0.2) is 33.7 Å². The lowest BCUT2D eigenvalue weighted by molar-refractivity contribution is 0.162. The Balaban J connectivity index is 2.70. The average molecular weight is 367 g/mol. The van der Waals surface area contributed by atoms with Gasteiger partial charge in [0.1, 0.15) is 10.7 Å². The summed E-state index contributed by atoms with van der Waals surface area (Å²) in [6, 6.07) is 2.08. The third-order valence-corrected chi connectivity index (χ3v) is 4.35. The summed E-state index contributed by atoms with van der Waals surface area (Å²) in [5.41, 5.74) is 6.22. The zero-order chi connectivity index (χ0) is 15.3. The summed E-state index contributed by atoms with van der Waals surface area (Å²) in [4.78, 5) is -0.175. The van der Waals surface area contributed by atoms with E-state index >= 15 is 0 Å². The molecule has 0 saturated carbocycles. The first-order valence-electron chi connectivity index (χ1n) is 5.70. The smallest absolute Gasteiger partial charge is 0.242 e. The van der Waals surface area contributed by atoms with Gasteiger partial charge in [-0.15, -0.1) is 0 Å².